The van der Waals surface area contributed by atoms with Crippen molar-refractivity contribution in [2.24, 2.45) is 5.73 Å². The fourth-order valence-corrected chi connectivity index (χ4v) is 1.29. The standard InChI is InChI=1S/C7H12N8/c8-5(1-4-2-11-3-12-4)6-13-14-7(9)15(6)10/h2-3,5H,1,8,10H2,(H2,9,14)(H,11,12)/t5-/m0/s1. The maximum absolute atomic E-state index is 5.89. The molecule has 7 N–H and O–H groups in total. The lowest BCUT2D eigenvalue weighted by Gasteiger charge is -2.08. The van der Waals surface area contributed by atoms with Crippen LogP contribution in [0.1, 0.15) is 17.6 Å². The number of nitrogen functional groups attached to an aromatic ring is 2. The van der Waals surface area contributed by atoms with Crippen LogP contribution in [-0.4, -0.2) is 24.8 Å². The molecule has 2 aromatic heterocycles. The Labute approximate surface area is 85.5 Å². The van der Waals surface area contributed by atoms with Gasteiger partial charge in [-0.05, 0) is 0 Å². The van der Waals surface area contributed by atoms with E-state index in [4.69, 9.17) is 17.3 Å². The number of hydrogen-bond acceptors (Lipinski definition) is 6. The van der Waals surface area contributed by atoms with Gasteiger partial charge in [0.15, 0.2) is 5.82 Å². The van der Waals surface area contributed by atoms with Gasteiger partial charge in [0.25, 0.3) is 0 Å². The number of aromatic amines is 1. The van der Waals surface area contributed by atoms with Crippen LogP contribution in [0.2, 0.25) is 0 Å². The van der Waals surface area contributed by atoms with Crippen LogP contribution in [0.4, 0.5) is 5.95 Å². The van der Waals surface area contributed by atoms with Crippen LogP contribution in [0.25, 0.3) is 0 Å². The third-order valence-electron chi connectivity index (χ3n) is 2.07. The number of nitrogens with zero attached hydrogens (tertiary/aromatic N) is 4. The first-order valence-electron chi connectivity index (χ1n) is 4.37. The Hall–Kier alpha value is -2.09. The third-order valence-corrected chi connectivity index (χ3v) is 2.07. The molecule has 0 unspecified atom stereocenters. The van der Waals surface area contributed by atoms with Gasteiger partial charge in [-0.3, -0.25) is 0 Å². The molecule has 0 aliphatic carbocycles. The summed E-state index contributed by atoms with van der Waals surface area (Å²) in [6.45, 7) is 0. The van der Waals surface area contributed by atoms with Gasteiger partial charge in [-0.25, -0.2) is 9.66 Å². The van der Waals surface area contributed by atoms with E-state index >= 15 is 0 Å². The number of nitrogens with two attached hydrogens (primary N) is 3. The fourth-order valence-electron chi connectivity index (χ4n) is 1.29. The first kappa shape index (κ1) is 9.46. The molecule has 0 aliphatic heterocycles. The normalized spacial score (nSPS) is 12.9. The van der Waals surface area contributed by atoms with Gasteiger partial charge in [-0.1, -0.05) is 0 Å². The Morgan fingerprint density at radius 3 is 2.80 bits per heavy atom. The quantitative estimate of drug-likeness (QED) is 0.455. The molecule has 80 valence electrons. The van der Waals surface area contributed by atoms with Crippen molar-refractivity contribution >= 4 is 5.95 Å². The number of aromatic nitrogens is 5. The average Bonchev–Trinajstić information content (AvgIpc) is 2.79. The van der Waals surface area contributed by atoms with Gasteiger partial charge >= 0.3 is 0 Å². The maximum Gasteiger partial charge on any atom is 0.240 e. The zero-order chi connectivity index (χ0) is 10.8. The third kappa shape index (κ3) is 1.74. The molecule has 1 atom stereocenters. The van der Waals surface area contributed by atoms with Crippen LogP contribution in [-0.2, 0) is 6.42 Å². The van der Waals surface area contributed by atoms with Crippen LogP contribution >= 0.6 is 0 Å². The van der Waals surface area contributed by atoms with Gasteiger partial charge < -0.3 is 22.3 Å². The van der Waals surface area contributed by atoms with E-state index in [0.29, 0.717) is 12.2 Å². The Balaban J connectivity index is 2.14. The average molecular weight is 208 g/mol. The minimum absolute atomic E-state index is 0.144. The molecule has 2 heterocycles. The van der Waals surface area contributed by atoms with Crippen LogP contribution in [0.15, 0.2) is 12.5 Å². The number of rotatable bonds is 3. The smallest absolute Gasteiger partial charge is 0.240 e. The van der Waals surface area contributed by atoms with Crippen molar-refractivity contribution in [3.05, 3.63) is 24.0 Å². The van der Waals surface area contributed by atoms with Crippen LogP contribution in [0.5, 0.6) is 0 Å². The highest BCUT2D eigenvalue weighted by atomic mass is 15.4. The van der Waals surface area contributed by atoms with Gasteiger partial charge in [0.1, 0.15) is 0 Å². The molecule has 0 aliphatic rings. The summed E-state index contributed by atoms with van der Waals surface area (Å²) in [5, 5.41) is 7.43. The molecule has 0 radical (unpaired) electrons. The second-order valence-electron chi connectivity index (χ2n) is 3.17. The Kier molecular flexibility index (Phi) is 2.26. The largest absolute Gasteiger partial charge is 0.366 e. The number of nitrogens with one attached hydrogen (secondary N) is 1. The first-order valence-corrected chi connectivity index (χ1v) is 4.37. The van der Waals surface area contributed by atoms with Gasteiger partial charge in [0.2, 0.25) is 5.95 Å². The van der Waals surface area contributed by atoms with E-state index in [2.05, 4.69) is 20.2 Å². The summed E-state index contributed by atoms with van der Waals surface area (Å²) >= 11 is 0. The predicted octanol–water partition coefficient (Wildman–Crippen LogP) is -1.46. The van der Waals surface area contributed by atoms with E-state index in [9.17, 15) is 0 Å². The van der Waals surface area contributed by atoms with Crippen molar-refractivity contribution in [1.29, 1.82) is 0 Å². The molecule has 0 aromatic carbocycles. The molecule has 0 spiro atoms. The fraction of sp³-hybridized carbons (Fsp3) is 0.286. The highest BCUT2D eigenvalue weighted by Gasteiger charge is 2.16. The molecule has 2 rings (SSSR count). The Bertz CT molecular complexity index is 430. The lowest BCUT2D eigenvalue weighted by atomic mass is 10.2. The minimum Gasteiger partial charge on any atom is -0.366 e. The SMILES string of the molecule is Nc1nnc([C@@H](N)Cc2cnc[nH]2)n1N. The van der Waals surface area contributed by atoms with Crippen LogP contribution < -0.4 is 17.3 Å². The molecule has 2 aromatic rings. The predicted molar refractivity (Wildman–Crippen MR) is 53.8 cm³/mol. The molecular weight excluding hydrogens is 196 g/mol. The summed E-state index contributed by atoms with van der Waals surface area (Å²) in [4.78, 5) is 6.83. The molecule has 0 bridgehead atoms. The zero-order valence-electron chi connectivity index (χ0n) is 7.96. The number of hydrogen-bond donors (Lipinski definition) is 4. The van der Waals surface area contributed by atoms with E-state index < -0.39 is 0 Å². The van der Waals surface area contributed by atoms with Gasteiger partial charge in [-0.2, -0.15) is 0 Å². The van der Waals surface area contributed by atoms with Gasteiger partial charge in [-0.15, -0.1) is 10.2 Å². The van der Waals surface area contributed by atoms with Crippen molar-refractivity contribution in [1.82, 2.24) is 24.8 Å². The Morgan fingerprint density at radius 2 is 2.27 bits per heavy atom. The monoisotopic (exact) mass is 208 g/mol. The Morgan fingerprint density at radius 1 is 1.47 bits per heavy atom. The molecule has 0 fully saturated rings. The van der Waals surface area contributed by atoms with E-state index in [1.807, 2.05) is 0 Å². The van der Waals surface area contributed by atoms with E-state index in [-0.39, 0.29) is 12.0 Å². The molecule has 0 amide bonds. The number of H-pyrrole nitrogens is 1. The summed E-state index contributed by atoms with van der Waals surface area (Å²) in [5.41, 5.74) is 12.2. The summed E-state index contributed by atoms with van der Waals surface area (Å²) in [6, 6.07) is -0.361. The molecule has 8 heteroatoms. The molecule has 0 saturated heterocycles. The summed E-state index contributed by atoms with van der Waals surface area (Å²) in [5.74, 6) is 6.18. The van der Waals surface area contributed by atoms with Crippen molar-refractivity contribution in [3.8, 4) is 0 Å². The first-order chi connectivity index (χ1) is 7.18. The number of anilines is 1. The second-order valence-corrected chi connectivity index (χ2v) is 3.17. The second kappa shape index (κ2) is 3.58. The van der Waals surface area contributed by atoms with Crippen LogP contribution in [0.3, 0.4) is 0 Å². The van der Waals surface area contributed by atoms with E-state index in [1.165, 1.54) is 4.68 Å². The van der Waals surface area contributed by atoms with E-state index in [1.54, 1.807) is 12.5 Å². The topological polar surface area (TPSA) is 137 Å². The molecule has 0 saturated carbocycles. The highest BCUT2D eigenvalue weighted by molar-refractivity contribution is 5.19. The molecule has 8 nitrogen and oxygen atoms in total. The van der Waals surface area contributed by atoms with Gasteiger partial charge in [0.05, 0.1) is 12.4 Å². The lowest BCUT2D eigenvalue weighted by molar-refractivity contribution is 0.636. The zero-order valence-corrected chi connectivity index (χ0v) is 7.96. The lowest BCUT2D eigenvalue weighted by Crippen LogP contribution is -2.24. The number of imidazole rings is 1. The van der Waals surface area contributed by atoms with Crippen molar-refractivity contribution in [3.63, 3.8) is 0 Å². The maximum atomic E-state index is 5.89. The summed E-state index contributed by atoms with van der Waals surface area (Å²) in [6.07, 6.45) is 3.83. The summed E-state index contributed by atoms with van der Waals surface area (Å²) < 4.78 is 1.18. The summed E-state index contributed by atoms with van der Waals surface area (Å²) in [7, 11) is 0. The molecule has 15 heavy (non-hydrogen) atoms. The van der Waals surface area contributed by atoms with E-state index in [0.717, 1.165) is 5.69 Å². The van der Waals surface area contributed by atoms with Crippen molar-refractivity contribution in [2.75, 3.05) is 11.6 Å². The van der Waals surface area contributed by atoms with Crippen molar-refractivity contribution in [2.45, 2.75) is 12.5 Å². The van der Waals surface area contributed by atoms with Crippen molar-refractivity contribution < 1.29 is 0 Å². The van der Waals surface area contributed by atoms with Gasteiger partial charge in [0, 0.05) is 18.3 Å². The molecular formula is C7H12N8. The van der Waals surface area contributed by atoms with Crippen LogP contribution in [0, 0.1) is 0 Å². The highest BCUT2D eigenvalue weighted by Crippen LogP contribution is 2.12. The minimum atomic E-state index is -0.361.